The number of nitrogens with zero attached hydrogens (tertiary/aromatic N) is 5. The molecule has 3 heterocycles. The van der Waals surface area contributed by atoms with Crippen LogP contribution >= 0.6 is 0 Å². The lowest BCUT2D eigenvalue weighted by Crippen LogP contribution is -2.22. The molecule has 0 spiro atoms. The summed E-state index contributed by atoms with van der Waals surface area (Å²) in [6.07, 6.45) is 4.14. The summed E-state index contributed by atoms with van der Waals surface area (Å²) >= 11 is 0. The number of hydrogen-bond donors (Lipinski definition) is 1. The lowest BCUT2D eigenvalue weighted by molar-refractivity contribution is 0.879. The number of aromatic nitrogens is 4. The standard InChI is InChI=1S/C14H18N6/c1-2-15-13-17-12(11-7-3-4-8-16-11)18-14(19-13)20-9-5-6-10-20/h3-4,7-8H,2,5-6,9-10H2,1H3,(H,15,17,18,19). The third kappa shape index (κ3) is 2.68. The summed E-state index contributed by atoms with van der Waals surface area (Å²) in [5.74, 6) is 1.98. The number of nitrogens with one attached hydrogen (secondary N) is 1. The molecular formula is C14H18N6. The van der Waals surface area contributed by atoms with E-state index in [4.69, 9.17) is 0 Å². The molecule has 0 bridgehead atoms. The molecule has 104 valence electrons. The highest BCUT2D eigenvalue weighted by Crippen LogP contribution is 2.20. The van der Waals surface area contributed by atoms with Gasteiger partial charge in [0.25, 0.3) is 0 Å². The van der Waals surface area contributed by atoms with E-state index in [1.807, 2.05) is 25.1 Å². The van der Waals surface area contributed by atoms with E-state index in [0.29, 0.717) is 11.8 Å². The molecule has 20 heavy (non-hydrogen) atoms. The Balaban J connectivity index is 2.00. The minimum absolute atomic E-state index is 0.616. The van der Waals surface area contributed by atoms with E-state index in [1.54, 1.807) is 6.20 Å². The molecule has 6 heteroatoms. The minimum Gasteiger partial charge on any atom is -0.354 e. The van der Waals surface area contributed by atoms with Gasteiger partial charge in [0.05, 0.1) is 0 Å². The van der Waals surface area contributed by atoms with Crippen molar-refractivity contribution in [2.45, 2.75) is 19.8 Å². The SMILES string of the molecule is CCNc1nc(-c2ccccn2)nc(N2CCCC2)n1. The maximum Gasteiger partial charge on any atom is 0.230 e. The van der Waals surface area contributed by atoms with Crippen LogP contribution in [0.2, 0.25) is 0 Å². The van der Waals surface area contributed by atoms with Crippen molar-refractivity contribution in [2.24, 2.45) is 0 Å². The van der Waals surface area contributed by atoms with Crippen molar-refractivity contribution < 1.29 is 0 Å². The molecule has 1 saturated heterocycles. The van der Waals surface area contributed by atoms with Crippen LogP contribution in [0.4, 0.5) is 11.9 Å². The summed E-state index contributed by atoms with van der Waals surface area (Å²) in [4.78, 5) is 20.0. The van der Waals surface area contributed by atoms with E-state index in [2.05, 4.69) is 30.2 Å². The van der Waals surface area contributed by atoms with Crippen molar-refractivity contribution in [3.8, 4) is 11.5 Å². The summed E-state index contributed by atoms with van der Waals surface area (Å²) in [7, 11) is 0. The van der Waals surface area contributed by atoms with Gasteiger partial charge in [-0.1, -0.05) is 6.07 Å². The van der Waals surface area contributed by atoms with Crippen LogP contribution in [-0.2, 0) is 0 Å². The number of rotatable bonds is 4. The molecule has 0 saturated carbocycles. The zero-order valence-corrected chi connectivity index (χ0v) is 11.6. The van der Waals surface area contributed by atoms with Gasteiger partial charge in [-0.05, 0) is 31.9 Å². The molecule has 2 aromatic rings. The molecule has 0 atom stereocenters. The molecule has 3 rings (SSSR count). The molecule has 0 radical (unpaired) electrons. The summed E-state index contributed by atoms with van der Waals surface area (Å²) in [6, 6.07) is 5.74. The van der Waals surface area contributed by atoms with E-state index in [0.717, 1.165) is 31.3 Å². The van der Waals surface area contributed by atoms with Crippen molar-refractivity contribution >= 4 is 11.9 Å². The highest BCUT2D eigenvalue weighted by atomic mass is 15.3. The minimum atomic E-state index is 0.616. The van der Waals surface area contributed by atoms with Crippen molar-refractivity contribution in [3.63, 3.8) is 0 Å². The summed E-state index contributed by atoms with van der Waals surface area (Å²) in [6.45, 7) is 4.83. The molecule has 0 amide bonds. The molecule has 0 unspecified atom stereocenters. The van der Waals surface area contributed by atoms with Gasteiger partial charge < -0.3 is 10.2 Å². The maximum atomic E-state index is 4.57. The summed E-state index contributed by atoms with van der Waals surface area (Å²) in [5.41, 5.74) is 0.773. The maximum absolute atomic E-state index is 4.57. The second-order valence-corrected chi connectivity index (χ2v) is 4.72. The topological polar surface area (TPSA) is 66.8 Å². The van der Waals surface area contributed by atoms with E-state index in [9.17, 15) is 0 Å². The van der Waals surface area contributed by atoms with Crippen LogP contribution in [0.25, 0.3) is 11.5 Å². The third-order valence-corrected chi connectivity index (χ3v) is 3.24. The first-order valence-corrected chi connectivity index (χ1v) is 7.03. The second kappa shape index (κ2) is 5.81. The van der Waals surface area contributed by atoms with Gasteiger partial charge in [-0.2, -0.15) is 15.0 Å². The van der Waals surface area contributed by atoms with Crippen LogP contribution in [-0.4, -0.2) is 39.6 Å². The van der Waals surface area contributed by atoms with Gasteiger partial charge in [0.1, 0.15) is 5.69 Å². The van der Waals surface area contributed by atoms with Gasteiger partial charge in [-0.15, -0.1) is 0 Å². The monoisotopic (exact) mass is 270 g/mol. The Labute approximate surface area is 118 Å². The van der Waals surface area contributed by atoms with Crippen LogP contribution in [0.5, 0.6) is 0 Å². The van der Waals surface area contributed by atoms with Crippen LogP contribution < -0.4 is 10.2 Å². The molecule has 2 aromatic heterocycles. The average Bonchev–Trinajstić information content (AvgIpc) is 3.02. The van der Waals surface area contributed by atoms with Gasteiger partial charge in [0.2, 0.25) is 11.9 Å². The van der Waals surface area contributed by atoms with Crippen LogP contribution in [0.3, 0.4) is 0 Å². The fourth-order valence-corrected chi connectivity index (χ4v) is 2.27. The summed E-state index contributed by atoms with van der Waals surface area (Å²) < 4.78 is 0. The zero-order chi connectivity index (χ0) is 13.8. The third-order valence-electron chi connectivity index (χ3n) is 3.24. The smallest absolute Gasteiger partial charge is 0.230 e. The zero-order valence-electron chi connectivity index (χ0n) is 11.6. The van der Waals surface area contributed by atoms with Crippen molar-refractivity contribution in [1.29, 1.82) is 0 Å². The Hall–Kier alpha value is -2.24. The van der Waals surface area contributed by atoms with Crippen LogP contribution in [0.1, 0.15) is 19.8 Å². The highest BCUT2D eigenvalue weighted by Gasteiger charge is 2.18. The predicted octanol–water partition coefficient (Wildman–Crippen LogP) is 1.97. The second-order valence-electron chi connectivity index (χ2n) is 4.72. The first-order valence-electron chi connectivity index (χ1n) is 7.03. The lowest BCUT2D eigenvalue weighted by atomic mass is 10.3. The fraction of sp³-hybridized carbons (Fsp3) is 0.429. The fourth-order valence-electron chi connectivity index (χ4n) is 2.27. The van der Waals surface area contributed by atoms with Gasteiger partial charge in [0.15, 0.2) is 5.82 Å². The Morgan fingerprint density at radius 2 is 2.00 bits per heavy atom. The Morgan fingerprint density at radius 3 is 2.70 bits per heavy atom. The number of hydrogen-bond acceptors (Lipinski definition) is 6. The van der Waals surface area contributed by atoms with Gasteiger partial charge >= 0.3 is 0 Å². The van der Waals surface area contributed by atoms with Crippen molar-refractivity contribution in [2.75, 3.05) is 29.9 Å². The molecule has 0 aromatic carbocycles. The van der Waals surface area contributed by atoms with E-state index in [-0.39, 0.29) is 0 Å². The molecule has 1 fully saturated rings. The van der Waals surface area contributed by atoms with E-state index >= 15 is 0 Å². The van der Waals surface area contributed by atoms with Crippen molar-refractivity contribution in [1.82, 2.24) is 19.9 Å². The summed E-state index contributed by atoms with van der Waals surface area (Å²) in [5, 5.41) is 3.16. The van der Waals surface area contributed by atoms with E-state index in [1.165, 1.54) is 12.8 Å². The largest absolute Gasteiger partial charge is 0.354 e. The highest BCUT2D eigenvalue weighted by molar-refractivity contribution is 5.53. The van der Waals surface area contributed by atoms with Crippen LogP contribution in [0.15, 0.2) is 24.4 Å². The van der Waals surface area contributed by atoms with Crippen molar-refractivity contribution in [3.05, 3.63) is 24.4 Å². The van der Waals surface area contributed by atoms with Gasteiger partial charge in [-0.3, -0.25) is 4.98 Å². The average molecular weight is 270 g/mol. The number of anilines is 2. The first-order chi connectivity index (χ1) is 9.86. The van der Waals surface area contributed by atoms with E-state index < -0.39 is 0 Å². The Kier molecular flexibility index (Phi) is 3.71. The normalized spacial score (nSPS) is 14.6. The van der Waals surface area contributed by atoms with Gasteiger partial charge in [0, 0.05) is 25.8 Å². The molecule has 1 aliphatic heterocycles. The molecule has 6 nitrogen and oxygen atoms in total. The Bertz CT molecular complexity index is 565. The van der Waals surface area contributed by atoms with Gasteiger partial charge in [-0.25, -0.2) is 0 Å². The molecule has 0 aliphatic carbocycles. The molecule has 1 N–H and O–H groups in total. The number of pyridine rings is 1. The molecule has 1 aliphatic rings. The lowest BCUT2D eigenvalue weighted by Gasteiger charge is -2.16. The quantitative estimate of drug-likeness (QED) is 0.916. The molecular weight excluding hydrogens is 252 g/mol. The first kappa shape index (κ1) is 12.8. The van der Waals surface area contributed by atoms with Crippen LogP contribution in [0, 0.1) is 0 Å². The predicted molar refractivity (Wildman–Crippen MR) is 78.7 cm³/mol. The Morgan fingerprint density at radius 1 is 1.15 bits per heavy atom.